The number of hydrogen-bond acceptors (Lipinski definition) is 6. The minimum absolute atomic E-state index is 0.0510. The van der Waals surface area contributed by atoms with Gasteiger partial charge < -0.3 is 29.4 Å². The van der Waals surface area contributed by atoms with Gasteiger partial charge in [-0.1, -0.05) is 18.2 Å². The number of benzene rings is 2. The van der Waals surface area contributed by atoms with Gasteiger partial charge in [-0.25, -0.2) is 9.59 Å². The molecule has 0 radical (unpaired) electrons. The SMILES string of the molecule is CCOc1cc(C(Oc2ccc(CNC(=O)OC(C)(C)C)cc2)C(=O)O)ccc1OC(C)C. The Morgan fingerprint density at radius 2 is 1.67 bits per heavy atom. The number of carbonyl (C=O) groups is 2. The highest BCUT2D eigenvalue weighted by atomic mass is 16.6. The number of carboxylic acids is 1. The molecule has 0 fully saturated rings. The number of rotatable bonds is 10. The molecular formula is C25H33NO7. The van der Waals surface area contributed by atoms with Gasteiger partial charge in [-0.3, -0.25) is 0 Å². The number of carboxylic acid groups (broad SMARTS) is 1. The van der Waals surface area contributed by atoms with Crippen LogP contribution in [0.2, 0.25) is 0 Å². The lowest BCUT2D eigenvalue weighted by molar-refractivity contribution is -0.145. The average molecular weight is 460 g/mol. The summed E-state index contributed by atoms with van der Waals surface area (Å²) in [6.45, 7) is 11.7. The highest BCUT2D eigenvalue weighted by Gasteiger charge is 2.24. The topological polar surface area (TPSA) is 103 Å². The fourth-order valence-corrected chi connectivity index (χ4v) is 2.88. The van der Waals surface area contributed by atoms with Crippen LogP contribution in [0, 0.1) is 0 Å². The molecular weight excluding hydrogens is 426 g/mol. The van der Waals surface area contributed by atoms with Gasteiger partial charge in [0.15, 0.2) is 11.5 Å². The van der Waals surface area contributed by atoms with Gasteiger partial charge in [0, 0.05) is 12.1 Å². The van der Waals surface area contributed by atoms with E-state index in [0.717, 1.165) is 5.56 Å². The minimum atomic E-state index is -1.23. The molecule has 1 unspecified atom stereocenters. The first-order valence-electron chi connectivity index (χ1n) is 10.9. The van der Waals surface area contributed by atoms with E-state index in [2.05, 4.69) is 5.32 Å². The third kappa shape index (κ3) is 8.56. The van der Waals surface area contributed by atoms with Gasteiger partial charge in [0.25, 0.3) is 0 Å². The molecule has 8 nitrogen and oxygen atoms in total. The van der Waals surface area contributed by atoms with Crippen LogP contribution < -0.4 is 19.5 Å². The van der Waals surface area contributed by atoms with Crippen LogP contribution in [0.4, 0.5) is 4.79 Å². The van der Waals surface area contributed by atoms with Crippen molar-refractivity contribution in [3.8, 4) is 17.2 Å². The van der Waals surface area contributed by atoms with Gasteiger partial charge in [0.1, 0.15) is 11.4 Å². The minimum Gasteiger partial charge on any atom is -0.490 e. The lowest BCUT2D eigenvalue weighted by atomic mass is 10.1. The standard InChI is InChI=1S/C25H33NO7/c1-7-30-21-14-18(10-13-20(21)31-16(2)3)22(23(27)28)32-19-11-8-17(9-12-19)15-26-24(29)33-25(4,5)6/h8-14,16,22H,7,15H2,1-6H3,(H,26,29)(H,27,28). The lowest BCUT2D eigenvalue weighted by Crippen LogP contribution is -2.32. The molecule has 0 aliphatic heterocycles. The van der Waals surface area contributed by atoms with Gasteiger partial charge >= 0.3 is 12.1 Å². The Labute approximate surface area is 194 Å². The number of alkyl carbamates (subject to hydrolysis) is 1. The molecule has 33 heavy (non-hydrogen) atoms. The fourth-order valence-electron chi connectivity index (χ4n) is 2.88. The Kier molecular flexibility index (Phi) is 8.96. The monoisotopic (exact) mass is 459 g/mol. The predicted octanol–water partition coefficient (Wildman–Crippen LogP) is 5.10. The van der Waals surface area contributed by atoms with E-state index in [-0.39, 0.29) is 12.6 Å². The van der Waals surface area contributed by atoms with E-state index in [1.807, 2.05) is 20.8 Å². The van der Waals surface area contributed by atoms with Crippen LogP contribution in [0.5, 0.6) is 17.2 Å². The summed E-state index contributed by atoms with van der Waals surface area (Å²) in [5, 5.41) is 12.4. The van der Waals surface area contributed by atoms with Crippen molar-refractivity contribution in [2.24, 2.45) is 0 Å². The van der Waals surface area contributed by atoms with Gasteiger partial charge in [0.05, 0.1) is 12.7 Å². The molecule has 0 aromatic heterocycles. The van der Waals surface area contributed by atoms with Crippen LogP contribution >= 0.6 is 0 Å². The molecule has 0 aliphatic carbocycles. The van der Waals surface area contributed by atoms with E-state index in [4.69, 9.17) is 18.9 Å². The van der Waals surface area contributed by atoms with E-state index in [9.17, 15) is 14.7 Å². The zero-order chi connectivity index (χ0) is 24.6. The van der Waals surface area contributed by atoms with Crippen LogP contribution in [0.1, 0.15) is 58.8 Å². The molecule has 2 rings (SSSR count). The molecule has 1 amide bonds. The van der Waals surface area contributed by atoms with E-state index < -0.39 is 23.8 Å². The summed E-state index contributed by atoms with van der Waals surface area (Å²) < 4.78 is 22.3. The summed E-state index contributed by atoms with van der Waals surface area (Å²) in [6.07, 6.45) is -1.79. The smallest absolute Gasteiger partial charge is 0.407 e. The van der Waals surface area contributed by atoms with Crippen LogP contribution in [0.25, 0.3) is 0 Å². The first-order valence-corrected chi connectivity index (χ1v) is 10.9. The normalized spacial score (nSPS) is 12.1. The molecule has 8 heteroatoms. The number of aliphatic carboxylic acids is 1. The first-order chi connectivity index (χ1) is 15.5. The summed E-state index contributed by atoms with van der Waals surface area (Å²) in [4.78, 5) is 23.7. The Morgan fingerprint density at radius 3 is 2.21 bits per heavy atom. The second-order valence-corrected chi connectivity index (χ2v) is 8.64. The molecule has 180 valence electrons. The van der Waals surface area contributed by atoms with Crippen molar-refractivity contribution in [1.29, 1.82) is 0 Å². The van der Waals surface area contributed by atoms with Crippen LogP contribution in [-0.2, 0) is 16.1 Å². The zero-order valence-corrected chi connectivity index (χ0v) is 20.0. The fraction of sp³-hybridized carbons (Fsp3) is 0.440. The molecule has 0 spiro atoms. The van der Waals surface area contributed by atoms with Crippen molar-refractivity contribution in [2.45, 2.75) is 65.9 Å². The number of carbonyl (C=O) groups excluding carboxylic acids is 1. The molecule has 0 heterocycles. The molecule has 2 N–H and O–H groups in total. The predicted molar refractivity (Wildman–Crippen MR) is 124 cm³/mol. The second kappa shape index (κ2) is 11.4. The molecule has 0 saturated heterocycles. The molecule has 2 aromatic carbocycles. The summed E-state index contributed by atoms with van der Waals surface area (Å²) in [7, 11) is 0. The first kappa shape index (κ1) is 25.8. The van der Waals surface area contributed by atoms with Crippen molar-refractivity contribution in [2.75, 3.05) is 6.61 Å². The van der Waals surface area contributed by atoms with Crippen molar-refractivity contribution >= 4 is 12.1 Å². The quantitative estimate of drug-likeness (QED) is 0.509. The maximum absolute atomic E-state index is 11.9. The largest absolute Gasteiger partial charge is 0.490 e. The maximum Gasteiger partial charge on any atom is 0.407 e. The summed E-state index contributed by atoms with van der Waals surface area (Å²) in [5.41, 5.74) is 0.668. The van der Waals surface area contributed by atoms with Crippen LogP contribution in [0.3, 0.4) is 0 Å². The third-order valence-electron chi connectivity index (χ3n) is 4.17. The highest BCUT2D eigenvalue weighted by Crippen LogP contribution is 2.33. The number of amides is 1. The van der Waals surface area contributed by atoms with Crippen molar-refractivity contribution < 1.29 is 33.6 Å². The maximum atomic E-state index is 11.9. The molecule has 1 atom stereocenters. The van der Waals surface area contributed by atoms with Crippen LogP contribution in [0.15, 0.2) is 42.5 Å². The van der Waals surface area contributed by atoms with Crippen molar-refractivity contribution in [1.82, 2.24) is 5.32 Å². The zero-order valence-electron chi connectivity index (χ0n) is 20.0. The van der Waals surface area contributed by atoms with Gasteiger partial charge in [0.2, 0.25) is 6.10 Å². The van der Waals surface area contributed by atoms with E-state index in [1.165, 1.54) is 0 Å². The van der Waals surface area contributed by atoms with Gasteiger partial charge in [-0.15, -0.1) is 0 Å². The lowest BCUT2D eigenvalue weighted by Gasteiger charge is -2.20. The Hall–Kier alpha value is -3.42. The van der Waals surface area contributed by atoms with E-state index >= 15 is 0 Å². The summed E-state index contributed by atoms with van der Waals surface area (Å²) in [5.74, 6) is 0.248. The molecule has 0 aliphatic rings. The third-order valence-corrected chi connectivity index (χ3v) is 4.17. The number of ether oxygens (including phenoxy) is 4. The number of nitrogens with one attached hydrogen (secondary N) is 1. The van der Waals surface area contributed by atoms with E-state index in [0.29, 0.717) is 29.4 Å². The average Bonchev–Trinajstić information content (AvgIpc) is 2.71. The Balaban J connectivity index is 2.11. The van der Waals surface area contributed by atoms with Crippen LogP contribution in [-0.4, -0.2) is 35.5 Å². The van der Waals surface area contributed by atoms with Crippen molar-refractivity contribution in [3.05, 3.63) is 53.6 Å². The summed E-state index contributed by atoms with van der Waals surface area (Å²) in [6, 6.07) is 11.8. The molecule has 2 aromatic rings. The number of hydrogen-bond donors (Lipinski definition) is 2. The molecule has 0 bridgehead atoms. The van der Waals surface area contributed by atoms with E-state index in [1.54, 1.807) is 63.2 Å². The Morgan fingerprint density at radius 1 is 1.00 bits per heavy atom. The van der Waals surface area contributed by atoms with Gasteiger partial charge in [-0.05, 0) is 71.4 Å². The van der Waals surface area contributed by atoms with Crippen molar-refractivity contribution in [3.63, 3.8) is 0 Å². The highest BCUT2D eigenvalue weighted by molar-refractivity contribution is 5.75. The second-order valence-electron chi connectivity index (χ2n) is 8.64. The van der Waals surface area contributed by atoms with Gasteiger partial charge in [-0.2, -0.15) is 0 Å². The Bertz CT molecular complexity index is 933. The molecule has 0 saturated carbocycles. The summed E-state index contributed by atoms with van der Waals surface area (Å²) >= 11 is 0.